The highest BCUT2D eigenvalue weighted by Crippen LogP contribution is 2.20. The summed E-state index contributed by atoms with van der Waals surface area (Å²) in [6, 6.07) is 12.1. The van der Waals surface area contributed by atoms with Crippen LogP contribution in [0.3, 0.4) is 0 Å². The van der Waals surface area contributed by atoms with Gasteiger partial charge in [0.05, 0.1) is 11.4 Å². The van der Waals surface area contributed by atoms with Gasteiger partial charge in [0.1, 0.15) is 17.3 Å². The van der Waals surface area contributed by atoms with E-state index in [0.29, 0.717) is 0 Å². The van der Waals surface area contributed by atoms with E-state index in [1.807, 2.05) is 57.3 Å². The van der Waals surface area contributed by atoms with E-state index in [1.165, 1.54) is 0 Å². The lowest BCUT2D eigenvalue weighted by molar-refractivity contribution is 0.383. The number of benzene rings is 1. The lowest BCUT2D eigenvalue weighted by atomic mass is 10.1. The van der Waals surface area contributed by atoms with Gasteiger partial charge in [-0.15, -0.1) is 0 Å². The quantitative estimate of drug-likeness (QED) is 0.690. The molecule has 0 amide bonds. The van der Waals surface area contributed by atoms with Crippen molar-refractivity contribution in [2.75, 3.05) is 18.5 Å². The average Bonchev–Trinajstić information content (AvgIpc) is 3.06. The maximum atomic E-state index is 5.45. The van der Waals surface area contributed by atoms with Crippen LogP contribution in [0, 0.1) is 13.8 Å². The normalized spacial score (nSPS) is 10.8. The molecule has 0 radical (unpaired) electrons. The third-order valence-corrected chi connectivity index (χ3v) is 3.96. The molecule has 0 aliphatic carbocycles. The zero-order chi connectivity index (χ0) is 16.9. The molecule has 0 aliphatic rings. The molecule has 0 atom stereocenters. The van der Waals surface area contributed by atoms with Gasteiger partial charge < -0.3 is 9.42 Å². The zero-order valence-electron chi connectivity index (χ0n) is 14.4. The van der Waals surface area contributed by atoms with Crippen LogP contribution in [0.5, 0.6) is 0 Å². The molecular formula is C19H22N4O. The summed E-state index contributed by atoms with van der Waals surface area (Å²) in [4.78, 5) is 11.1. The molecule has 0 spiro atoms. The lowest BCUT2D eigenvalue weighted by Gasteiger charge is -2.19. The number of aromatic nitrogens is 3. The monoisotopic (exact) mass is 322 g/mol. The zero-order valence-corrected chi connectivity index (χ0v) is 14.4. The second-order valence-corrected chi connectivity index (χ2v) is 5.99. The van der Waals surface area contributed by atoms with Crippen LogP contribution < -0.4 is 4.90 Å². The van der Waals surface area contributed by atoms with Gasteiger partial charge in [0.15, 0.2) is 0 Å². The van der Waals surface area contributed by atoms with Crippen molar-refractivity contribution in [3.05, 3.63) is 59.7 Å². The molecule has 0 bridgehead atoms. The summed E-state index contributed by atoms with van der Waals surface area (Å²) < 4.78 is 5.45. The van der Waals surface area contributed by atoms with Crippen LogP contribution in [0.25, 0.3) is 11.3 Å². The Morgan fingerprint density at radius 3 is 2.71 bits per heavy atom. The van der Waals surface area contributed by atoms with Gasteiger partial charge in [-0.25, -0.2) is 4.98 Å². The Hall–Kier alpha value is -2.69. The van der Waals surface area contributed by atoms with Crippen molar-refractivity contribution in [3.8, 4) is 11.3 Å². The molecule has 3 aromatic rings. The van der Waals surface area contributed by atoms with E-state index in [-0.39, 0.29) is 0 Å². The van der Waals surface area contributed by atoms with E-state index in [4.69, 9.17) is 4.52 Å². The Bertz CT molecular complexity index is 798. The summed E-state index contributed by atoms with van der Waals surface area (Å²) in [5.74, 6) is 1.85. The van der Waals surface area contributed by atoms with Crippen LogP contribution in [0.4, 0.5) is 5.82 Å². The van der Waals surface area contributed by atoms with Crippen molar-refractivity contribution < 1.29 is 4.52 Å². The molecule has 3 rings (SSSR count). The van der Waals surface area contributed by atoms with E-state index in [9.17, 15) is 0 Å². The van der Waals surface area contributed by atoms with E-state index >= 15 is 0 Å². The van der Waals surface area contributed by atoms with Gasteiger partial charge in [0, 0.05) is 37.8 Å². The standard InChI is InChI=1S/C19H22N4O/c1-14-13-20-15(2)19(21-14)23(3)11-7-10-17-12-18(22-24-17)16-8-5-4-6-9-16/h4-6,8-9,12-13H,7,10-11H2,1-3H3. The van der Waals surface area contributed by atoms with E-state index in [0.717, 1.165) is 53.6 Å². The lowest BCUT2D eigenvalue weighted by Crippen LogP contribution is -2.22. The van der Waals surface area contributed by atoms with E-state index in [1.54, 1.807) is 6.20 Å². The number of aryl methyl sites for hydroxylation is 3. The predicted molar refractivity (Wildman–Crippen MR) is 95.0 cm³/mol. The van der Waals surface area contributed by atoms with Crippen molar-refractivity contribution in [1.82, 2.24) is 15.1 Å². The number of rotatable bonds is 6. The number of hydrogen-bond acceptors (Lipinski definition) is 5. The smallest absolute Gasteiger partial charge is 0.150 e. The second kappa shape index (κ2) is 7.25. The van der Waals surface area contributed by atoms with Crippen molar-refractivity contribution in [2.45, 2.75) is 26.7 Å². The molecule has 2 aromatic heterocycles. The first kappa shape index (κ1) is 16.2. The van der Waals surface area contributed by atoms with Crippen LogP contribution in [0.1, 0.15) is 23.6 Å². The highest BCUT2D eigenvalue weighted by atomic mass is 16.5. The summed E-state index contributed by atoms with van der Waals surface area (Å²) >= 11 is 0. The van der Waals surface area contributed by atoms with E-state index < -0.39 is 0 Å². The maximum Gasteiger partial charge on any atom is 0.150 e. The highest BCUT2D eigenvalue weighted by Gasteiger charge is 2.10. The number of nitrogens with zero attached hydrogens (tertiary/aromatic N) is 4. The molecule has 0 saturated heterocycles. The van der Waals surface area contributed by atoms with Crippen molar-refractivity contribution in [1.29, 1.82) is 0 Å². The first-order valence-corrected chi connectivity index (χ1v) is 8.16. The maximum absolute atomic E-state index is 5.45. The summed E-state index contributed by atoms with van der Waals surface area (Å²) in [5.41, 5.74) is 3.86. The van der Waals surface area contributed by atoms with Gasteiger partial charge in [-0.3, -0.25) is 4.98 Å². The van der Waals surface area contributed by atoms with Gasteiger partial charge in [0.25, 0.3) is 0 Å². The minimum atomic E-state index is 0.850. The molecule has 1 aromatic carbocycles. The predicted octanol–water partition coefficient (Wildman–Crippen LogP) is 3.82. The van der Waals surface area contributed by atoms with Gasteiger partial charge in [0.2, 0.25) is 0 Å². The summed E-state index contributed by atoms with van der Waals surface area (Å²) in [7, 11) is 2.05. The fourth-order valence-electron chi connectivity index (χ4n) is 2.66. The third-order valence-electron chi connectivity index (χ3n) is 3.96. The van der Waals surface area contributed by atoms with Crippen molar-refractivity contribution in [2.24, 2.45) is 0 Å². The molecule has 5 heteroatoms. The second-order valence-electron chi connectivity index (χ2n) is 5.99. The Morgan fingerprint density at radius 2 is 1.92 bits per heavy atom. The SMILES string of the molecule is Cc1cnc(C)c(N(C)CCCc2cc(-c3ccccc3)no2)n1. The Labute approximate surface area is 142 Å². The molecule has 0 saturated carbocycles. The van der Waals surface area contributed by atoms with Crippen LogP contribution in [-0.2, 0) is 6.42 Å². The fraction of sp³-hybridized carbons (Fsp3) is 0.316. The number of hydrogen-bond donors (Lipinski definition) is 0. The van der Waals surface area contributed by atoms with Crippen LogP contribution >= 0.6 is 0 Å². The third kappa shape index (κ3) is 3.79. The molecule has 2 heterocycles. The van der Waals surface area contributed by atoms with Crippen molar-refractivity contribution in [3.63, 3.8) is 0 Å². The Balaban J connectivity index is 1.57. The summed E-state index contributed by atoms with van der Waals surface area (Å²) in [6.45, 7) is 4.84. The molecule has 5 nitrogen and oxygen atoms in total. The average molecular weight is 322 g/mol. The molecule has 124 valence electrons. The Kier molecular flexibility index (Phi) is 4.89. The molecule has 24 heavy (non-hydrogen) atoms. The van der Waals surface area contributed by atoms with Crippen LogP contribution in [0.15, 0.2) is 47.1 Å². The molecule has 0 unspecified atom stereocenters. The Morgan fingerprint density at radius 1 is 1.12 bits per heavy atom. The topological polar surface area (TPSA) is 55.1 Å². The van der Waals surface area contributed by atoms with Crippen molar-refractivity contribution >= 4 is 5.82 Å². The summed E-state index contributed by atoms with van der Waals surface area (Å²) in [5, 5.41) is 4.16. The van der Waals surface area contributed by atoms with E-state index in [2.05, 4.69) is 20.0 Å². The van der Waals surface area contributed by atoms with Crippen LogP contribution in [-0.4, -0.2) is 28.7 Å². The minimum Gasteiger partial charge on any atom is -0.361 e. The fourth-order valence-corrected chi connectivity index (χ4v) is 2.66. The molecule has 0 fully saturated rings. The van der Waals surface area contributed by atoms with Crippen LogP contribution in [0.2, 0.25) is 0 Å². The van der Waals surface area contributed by atoms with Gasteiger partial charge in [-0.1, -0.05) is 35.5 Å². The van der Waals surface area contributed by atoms with Gasteiger partial charge in [-0.2, -0.15) is 0 Å². The molecule has 0 aliphatic heterocycles. The summed E-state index contributed by atoms with van der Waals surface area (Å²) in [6.07, 6.45) is 3.61. The number of anilines is 1. The first-order valence-electron chi connectivity index (χ1n) is 8.16. The molecular weight excluding hydrogens is 300 g/mol. The largest absolute Gasteiger partial charge is 0.361 e. The minimum absolute atomic E-state index is 0.850. The van der Waals surface area contributed by atoms with Gasteiger partial charge in [-0.05, 0) is 20.3 Å². The van der Waals surface area contributed by atoms with Gasteiger partial charge >= 0.3 is 0 Å². The first-order chi connectivity index (χ1) is 11.6. The highest BCUT2D eigenvalue weighted by molar-refractivity contribution is 5.58. The molecule has 0 N–H and O–H groups in total.